The summed E-state index contributed by atoms with van der Waals surface area (Å²) in [5, 5.41) is 0. The minimum absolute atomic E-state index is 0.197. The fourth-order valence-electron chi connectivity index (χ4n) is 5.06. The van der Waals surface area contributed by atoms with E-state index in [2.05, 4.69) is 13.0 Å². The van der Waals surface area contributed by atoms with Crippen LogP contribution in [-0.4, -0.2) is 11.6 Å². The number of hydrogen-bond donors (Lipinski definition) is 2. The molecule has 4 rings (SSSR count). The normalized spacial score (nSPS) is 26.2. The maximum atomic E-state index is 12.0. The average Bonchev–Trinajstić information content (AvgIpc) is 2.73. The minimum Gasteiger partial charge on any atom is -0.315 e. The Hall–Kier alpha value is -2.30. The van der Waals surface area contributed by atoms with Gasteiger partial charge in [0.25, 0.3) is 0 Å². The zero-order valence-corrected chi connectivity index (χ0v) is 19.2. The number of hydrogen-bond acceptors (Lipinski definition) is 4. The zero-order chi connectivity index (χ0) is 22.6. The monoisotopic (exact) mass is 420 g/mol. The predicted molar refractivity (Wildman–Crippen MR) is 126 cm³/mol. The third-order valence-electron chi connectivity index (χ3n) is 6.93. The summed E-state index contributed by atoms with van der Waals surface area (Å²) in [5.41, 5.74) is 16.7. The first-order chi connectivity index (χ1) is 14.7. The maximum absolute atomic E-state index is 12.0. The van der Waals surface area contributed by atoms with Crippen LogP contribution in [0.2, 0.25) is 0 Å². The molecule has 4 heteroatoms. The van der Waals surface area contributed by atoms with E-state index >= 15 is 0 Å². The van der Waals surface area contributed by atoms with Crippen LogP contribution in [0, 0.1) is 20.8 Å². The quantitative estimate of drug-likeness (QED) is 0.724. The number of carbonyl (C=O) groups excluding carboxylic acids is 2. The van der Waals surface area contributed by atoms with E-state index in [1.807, 2.05) is 50.2 Å². The van der Waals surface area contributed by atoms with Crippen molar-refractivity contribution in [2.45, 2.75) is 83.2 Å². The highest BCUT2D eigenvalue weighted by atomic mass is 16.1. The zero-order valence-electron chi connectivity index (χ0n) is 19.2. The Morgan fingerprint density at radius 1 is 0.677 bits per heavy atom. The summed E-state index contributed by atoms with van der Waals surface area (Å²) in [5.74, 6) is 0.397. The first-order valence-corrected chi connectivity index (χ1v) is 11.5. The lowest BCUT2D eigenvalue weighted by Crippen LogP contribution is -2.47. The highest BCUT2D eigenvalue weighted by molar-refractivity contribution is 5.91. The topological polar surface area (TPSA) is 86.2 Å². The molecule has 2 atom stereocenters. The van der Waals surface area contributed by atoms with Crippen LogP contribution >= 0.6 is 0 Å². The molecular formula is C27H36N2O2. The second-order valence-electron chi connectivity index (χ2n) is 9.34. The summed E-state index contributed by atoms with van der Waals surface area (Å²) in [4.78, 5) is 24.0. The van der Waals surface area contributed by atoms with Crippen LogP contribution in [0.4, 0.5) is 0 Å². The average molecular weight is 421 g/mol. The molecule has 2 saturated carbocycles. The molecule has 2 aliphatic rings. The van der Waals surface area contributed by atoms with Gasteiger partial charge < -0.3 is 11.5 Å². The van der Waals surface area contributed by atoms with Gasteiger partial charge in [-0.3, -0.25) is 9.59 Å². The first kappa shape index (κ1) is 23.4. The number of ketones is 2. The molecule has 0 saturated heterocycles. The van der Waals surface area contributed by atoms with Crippen LogP contribution in [0.1, 0.15) is 79.2 Å². The second-order valence-corrected chi connectivity index (χ2v) is 9.34. The molecule has 0 spiro atoms. The van der Waals surface area contributed by atoms with E-state index in [1.54, 1.807) is 0 Å². The number of rotatable bonds is 2. The number of nitrogens with two attached hydrogens (primary N) is 2. The standard InChI is InChI=1S/C14H19NO.C13H17NO/c1-10-6-7-12(11(2)9-10)14(15)8-4-3-5-13(14)16;1-10-6-2-3-7-11(10)13(14)9-5-4-8-12(13)15/h6-7,9H,3-5,8,15H2,1-2H3;2-3,6-7H,4-5,8-9,14H2,1H3/t14-;13-/m00/s1. The van der Waals surface area contributed by atoms with E-state index in [0.717, 1.165) is 60.8 Å². The van der Waals surface area contributed by atoms with Crippen LogP contribution in [0.25, 0.3) is 0 Å². The molecule has 166 valence electrons. The summed E-state index contributed by atoms with van der Waals surface area (Å²) in [6.45, 7) is 6.12. The van der Waals surface area contributed by atoms with E-state index in [9.17, 15) is 9.59 Å². The molecule has 4 nitrogen and oxygen atoms in total. The molecule has 0 amide bonds. The van der Waals surface area contributed by atoms with Gasteiger partial charge in [0.1, 0.15) is 11.1 Å². The van der Waals surface area contributed by atoms with Gasteiger partial charge in [-0.1, -0.05) is 60.9 Å². The van der Waals surface area contributed by atoms with Crippen LogP contribution in [0.3, 0.4) is 0 Å². The smallest absolute Gasteiger partial charge is 0.157 e. The van der Waals surface area contributed by atoms with Crippen molar-refractivity contribution in [3.05, 3.63) is 70.3 Å². The lowest BCUT2D eigenvalue weighted by molar-refractivity contribution is -0.127. The van der Waals surface area contributed by atoms with Crippen molar-refractivity contribution < 1.29 is 9.59 Å². The van der Waals surface area contributed by atoms with Crippen LogP contribution in [-0.2, 0) is 20.7 Å². The van der Waals surface area contributed by atoms with E-state index < -0.39 is 11.1 Å². The SMILES string of the molecule is Cc1ccc([C@@]2(N)CCCCC2=O)c(C)c1.Cc1ccccc1[C@@]1(N)CCCCC1=O. The summed E-state index contributed by atoms with van der Waals surface area (Å²) < 4.78 is 0. The van der Waals surface area contributed by atoms with Gasteiger partial charge in [-0.15, -0.1) is 0 Å². The van der Waals surface area contributed by atoms with Crippen molar-refractivity contribution in [2.24, 2.45) is 11.5 Å². The van der Waals surface area contributed by atoms with Crippen molar-refractivity contribution in [1.82, 2.24) is 0 Å². The number of aryl methyl sites for hydroxylation is 3. The highest BCUT2D eigenvalue weighted by Crippen LogP contribution is 2.34. The summed E-state index contributed by atoms with van der Waals surface area (Å²) >= 11 is 0. The predicted octanol–water partition coefficient (Wildman–Crippen LogP) is 4.89. The van der Waals surface area contributed by atoms with Gasteiger partial charge in [0, 0.05) is 12.8 Å². The van der Waals surface area contributed by atoms with Crippen LogP contribution < -0.4 is 11.5 Å². The second kappa shape index (κ2) is 9.46. The largest absolute Gasteiger partial charge is 0.315 e. The Morgan fingerprint density at radius 2 is 1.19 bits per heavy atom. The van der Waals surface area contributed by atoms with Gasteiger partial charge >= 0.3 is 0 Å². The lowest BCUT2D eigenvalue weighted by Gasteiger charge is -2.33. The molecule has 2 fully saturated rings. The van der Waals surface area contributed by atoms with Crippen molar-refractivity contribution >= 4 is 11.6 Å². The van der Waals surface area contributed by atoms with Crippen LogP contribution in [0.15, 0.2) is 42.5 Å². The number of benzene rings is 2. The Kier molecular flexibility index (Phi) is 7.13. The molecule has 0 bridgehead atoms. The molecule has 31 heavy (non-hydrogen) atoms. The molecule has 0 unspecified atom stereocenters. The summed E-state index contributed by atoms with van der Waals surface area (Å²) in [7, 11) is 0. The van der Waals surface area contributed by atoms with Gasteiger partial charge in [-0.05, 0) is 68.7 Å². The van der Waals surface area contributed by atoms with Gasteiger partial charge in [-0.2, -0.15) is 0 Å². The Bertz CT molecular complexity index is 967. The molecule has 4 N–H and O–H groups in total. The molecule has 2 aromatic carbocycles. The third kappa shape index (κ3) is 4.81. The molecule has 0 aliphatic heterocycles. The van der Waals surface area contributed by atoms with Crippen molar-refractivity contribution in [1.29, 1.82) is 0 Å². The number of carbonyl (C=O) groups is 2. The fourth-order valence-corrected chi connectivity index (χ4v) is 5.06. The van der Waals surface area contributed by atoms with Gasteiger partial charge in [-0.25, -0.2) is 0 Å². The van der Waals surface area contributed by atoms with Gasteiger partial charge in [0.2, 0.25) is 0 Å². The van der Waals surface area contributed by atoms with E-state index in [1.165, 1.54) is 5.56 Å². The fraction of sp³-hybridized carbons (Fsp3) is 0.481. The lowest BCUT2D eigenvalue weighted by atomic mass is 9.75. The van der Waals surface area contributed by atoms with Gasteiger partial charge in [0.15, 0.2) is 11.6 Å². The Balaban J connectivity index is 0.000000176. The van der Waals surface area contributed by atoms with Crippen LogP contribution in [0.5, 0.6) is 0 Å². The molecule has 2 aromatic rings. The Morgan fingerprint density at radius 3 is 1.68 bits per heavy atom. The van der Waals surface area contributed by atoms with Crippen molar-refractivity contribution in [2.75, 3.05) is 0 Å². The highest BCUT2D eigenvalue weighted by Gasteiger charge is 2.39. The maximum Gasteiger partial charge on any atom is 0.157 e. The molecule has 2 aliphatic carbocycles. The summed E-state index contributed by atoms with van der Waals surface area (Å²) in [6, 6.07) is 14.1. The minimum atomic E-state index is -0.726. The Labute approximate surface area is 186 Å². The summed E-state index contributed by atoms with van der Waals surface area (Å²) in [6.07, 6.45) is 6.92. The van der Waals surface area contributed by atoms with Gasteiger partial charge in [0.05, 0.1) is 0 Å². The molecule has 0 radical (unpaired) electrons. The first-order valence-electron chi connectivity index (χ1n) is 11.5. The van der Waals surface area contributed by atoms with E-state index in [0.29, 0.717) is 12.8 Å². The molecule has 0 heterocycles. The third-order valence-corrected chi connectivity index (χ3v) is 6.93. The molecular weight excluding hydrogens is 384 g/mol. The van der Waals surface area contributed by atoms with E-state index in [-0.39, 0.29) is 11.6 Å². The van der Waals surface area contributed by atoms with E-state index in [4.69, 9.17) is 11.5 Å². The molecule has 0 aromatic heterocycles. The van der Waals surface area contributed by atoms with Crippen molar-refractivity contribution in [3.63, 3.8) is 0 Å². The number of Topliss-reactive ketones (excluding diaryl/α,β-unsaturated/α-hetero) is 2. The van der Waals surface area contributed by atoms with Crippen molar-refractivity contribution in [3.8, 4) is 0 Å².